The minimum absolute atomic E-state index is 0.0268. The Morgan fingerprint density at radius 2 is 1.97 bits per heavy atom. The average molecular weight is 492 g/mol. The van der Waals surface area contributed by atoms with E-state index in [1.807, 2.05) is 0 Å². The van der Waals surface area contributed by atoms with Crippen molar-refractivity contribution < 1.29 is 14.7 Å². The first kappa shape index (κ1) is 22.4. The lowest BCUT2D eigenvalue weighted by molar-refractivity contribution is 0.0690. The fraction of sp³-hybridized carbons (Fsp3) is 0.333. The fourth-order valence-corrected chi connectivity index (χ4v) is 3.43. The summed E-state index contributed by atoms with van der Waals surface area (Å²) >= 11 is 3.10. The number of hydrogen-bond donors (Lipinski definition) is 5. The lowest BCUT2D eigenvalue weighted by atomic mass is 10.0. The first-order valence-electron chi connectivity index (χ1n) is 9.36. The largest absolute Gasteiger partial charge is 0.477 e. The number of likely N-dealkylation sites (tertiary alicyclic amines) is 1. The number of carbonyl (C=O) groups is 2. The number of nitrogens with one attached hydrogen (secondary N) is 1. The predicted octanol–water partition coefficient (Wildman–Crippen LogP) is 0.206. The Kier molecular flexibility index (Phi) is 6.97. The summed E-state index contributed by atoms with van der Waals surface area (Å²) in [6, 6.07) is 3.32. The van der Waals surface area contributed by atoms with Crippen LogP contribution in [0, 0.1) is 0 Å². The summed E-state index contributed by atoms with van der Waals surface area (Å²) in [6.45, 7) is 2.13. The molecule has 0 atom stereocenters. The standard InChI is InChI=1S/C18H22BrN9O3/c19-13-15(21)26-14(20)12(25-13)16(29)27-18(22)24-10-2-5-28(6-3-10)8-9-1-4-23-11(7-9)17(30)31/h1,4,7,10H,2-3,5-6,8H2,(H,30,31)(H4,20,21,26)(H3,22,24,27,29). The van der Waals surface area contributed by atoms with Crippen LogP contribution in [0.5, 0.6) is 0 Å². The molecule has 0 aromatic carbocycles. The molecule has 31 heavy (non-hydrogen) atoms. The summed E-state index contributed by atoms with van der Waals surface area (Å²) in [5, 5.41) is 11.5. The zero-order chi connectivity index (χ0) is 22.5. The van der Waals surface area contributed by atoms with Gasteiger partial charge < -0.3 is 22.3 Å². The van der Waals surface area contributed by atoms with Crippen molar-refractivity contribution in [1.82, 2.24) is 25.2 Å². The third kappa shape index (κ3) is 5.86. The highest BCUT2D eigenvalue weighted by molar-refractivity contribution is 9.10. The summed E-state index contributed by atoms with van der Waals surface area (Å²) in [5.74, 6) is -1.74. The minimum Gasteiger partial charge on any atom is -0.477 e. The van der Waals surface area contributed by atoms with Crippen LogP contribution < -0.4 is 22.5 Å². The van der Waals surface area contributed by atoms with Gasteiger partial charge in [-0.3, -0.25) is 15.0 Å². The molecule has 164 valence electrons. The summed E-state index contributed by atoms with van der Waals surface area (Å²) in [7, 11) is 0. The highest BCUT2D eigenvalue weighted by Gasteiger charge is 2.21. The van der Waals surface area contributed by atoms with Crippen LogP contribution in [0.3, 0.4) is 0 Å². The van der Waals surface area contributed by atoms with Gasteiger partial charge in [-0.1, -0.05) is 0 Å². The van der Waals surface area contributed by atoms with Crippen molar-refractivity contribution in [3.8, 4) is 0 Å². The second-order valence-corrected chi connectivity index (χ2v) is 7.71. The molecule has 12 nitrogen and oxygen atoms in total. The van der Waals surface area contributed by atoms with E-state index in [0.717, 1.165) is 31.5 Å². The first-order chi connectivity index (χ1) is 14.7. The number of carboxylic acid groups (broad SMARTS) is 1. The molecule has 13 heteroatoms. The summed E-state index contributed by atoms with van der Waals surface area (Å²) in [5.41, 5.74) is 18.0. The van der Waals surface area contributed by atoms with Crippen molar-refractivity contribution in [3.63, 3.8) is 0 Å². The normalized spacial score (nSPS) is 15.6. The Morgan fingerprint density at radius 1 is 1.26 bits per heavy atom. The molecule has 3 heterocycles. The molecule has 8 N–H and O–H groups in total. The van der Waals surface area contributed by atoms with Gasteiger partial charge in [-0.15, -0.1) is 0 Å². The number of hydrogen-bond acceptors (Lipinski definition) is 9. The number of guanidine groups is 1. The number of aliphatic imine (C=N–C) groups is 1. The van der Waals surface area contributed by atoms with E-state index < -0.39 is 11.9 Å². The Hall–Kier alpha value is -3.32. The second-order valence-electron chi connectivity index (χ2n) is 6.96. The molecule has 1 aliphatic heterocycles. The highest BCUT2D eigenvalue weighted by Crippen LogP contribution is 2.18. The van der Waals surface area contributed by atoms with E-state index in [-0.39, 0.29) is 39.6 Å². The Bertz CT molecular complexity index is 1020. The number of carboxylic acids is 1. The number of amides is 1. The lowest BCUT2D eigenvalue weighted by Gasteiger charge is -2.30. The maximum Gasteiger partial charge on any atom is 0.354 e. The quantitative estimate of drug-likeness (QED) is 0.284. The average Bonchev–Trinajstić information content (AvgIpc) is 2.72. The molecule has 0 aliphatic carbocycles. The second kappa shape index (κ2) is 9.66. The smallest absolute Gasteiger partial charge is 0.354 e. The van der Waals surface area contributed by atoms with Gasteiger partial charge in [-0.05, 0) is 46.5 Å². The van der Waals surface area contributed by atoms with Gasteiger partial charge in [-0.2, -0.15) is 0 Å². The van der Waals surface area contributed by atoms with Crippen LogP contribution in [0.25, 0.3) is 0 Å². The molecule has 1 aliphatic rings. The topological polar surface area (TPSA) is 199 Å². The molecule has 1 saturated heterocycles. The number of aromatic nitrogens is 3. The van der Waals surface area contributed by atoms with Crippen LogP contribution >= 0.6 is 15.9 Å². The number of nitrogens with zero attached hydrogens (tertiary/aromatic N) is 5. The fourth-order valence-electron chi connectivity index (χ4n) is 3.17. The molecule has 2 aromatic rings. The molecular formula is C18H22BrN9O3. The van der Waals surface area contributed by atoms with Crippen LogP contribution in [0.4, 0.5) is 11.6 Å². The van der Waals surface area contributed by atoms with Gasteiger partial charge >= 0.3 is 5.97 Å². The Balaban J connectivity index is 1.54. The van der Waals surface area contributed by atoms with Gasteiger partial charge in [0.25, 0.3) is 5.91 Å². The van der Waals surface area contributed by atoms with E-state index in [0.29, 0.717) is 6.54 Å². The van der Waals surface area contributed by atoms with Crippen molar-refractivity contribution in [1.29, 1.82) is 0 Å². The maximum absolute atomic E-state index is 12.3. The molecule has 2 aromatic heterocycles. The molecule has 0 bridgehead atoms. The monoisotopic (exact) mass is 491 g/mol. The van der Waals surface area contributed by atoms with E-state index >= 15 is 0 Å². The molecule has 0 unspecified atom stereocenters. The molecular weight excluding hydrogens is 470 g/mol. The highest BCUT2D eigenvalue weighted by atomic mass is 79.9. The number of nitrogens with two attached hydrogens (primary N) is 3. The van der Waals surface area contributed by atoms with E-state index in [4.69, 9.17) is 22.3 Å². The van der Waals surface area contributed by atoms with Crippen LogP contribution in [0.15, 0.2) is 27.9 Å². The number of carbonyl (C=O) groups excluding carboxylic acids is 1. The van der Waals surface area contributed by atoms with Gasteiger partial charge in [0.2, 0.25) is 0 Å². The summed E-state index contributed by atoms with van der Waals surface area (Å²) in [4.78, 5) is 41.6. The van der Waals surface area contributed by atoms with Crippen molar-refractivity contribution in [2.75, 3.05) is 24.6 Å². The number of anilines is 2. The van der Waals surface area contributed by atoms with Crippen molar-refractivity contribution in [2.24, 2.45) is 10.7 Å². The number of pyridine rings is 1. The zero-order valence-corrected chi connectivity index (χ0v) is 18.0. The number of halogens is 1. The first-order valence-corrected chi connectivity index (χ1v) is 10.2. The van der Waals surface area contributed by atoms with E-state index in [2.05, 4.69) is 46.1 Å². The molecule has 3 rings (SSSR count). The summed E-state index contributed by atoms with van der Waals surface area (Å²) < 4.78 is 0.208. The van der Waals surface area contributed by atoms with Gasteiger partial charge in [0.05, 0.1) is 6.04 Å². The zero-order valence-electron chi connectivity index (χ0n) is 16.5. The molecule has 0 saturated carbocycles. The number of aromatic carboxylic acids is 1. The maximum atomic E-state index is 12.3. The Labute approximate surface area is 186 Å². The van der Waals surface area contributed by atoms with Gasteiger partial charge in [0.1, 0.15) is 10.3 Å². The number of rotatable bonds is 5. The third-order valence-corrected chi connectivity index (χ3v) is 5.27. The van der Waals surface area contributed by atoms with Crippen LogP contribution in [-0.2, 0) is 6.54 Å². The minimum atomic E-state index is -1.05. The van der Waals surface area contributed by atoms with Crippen molar-refractivity contribution in [2.45, 2.75) is 25.4 Å². The summed E-state index contributed by atoms with van der Waals surface area (Å²) in [6.07, 6.45) is 2.97. The van der Waals surface area contributed by atoms with Gasteiger partial charge in [0.15, 0.2) is 23.3 Å². The Morgan fingerprint density at radius 3 is 2.65 bits per heavy atom. The molecule has 0 radical (unpaired) electrons. The van der Waals surface area contributed by atoms with E-state index in [1.165, 1.54) is 6.20 Å². The molecule has 1 amide bonds. The number of nitrogen functional groups attached to an aromatic ring is 2. The lowest BCUT2D eigenvalue weighted by Crippen LogP contribution is -2.40. The van der Waals surface area contributed by atoms with E-state index in [9.17, 15) is 9.59 Å². The molecule has 0 spiro atoms. The van der Waals surface area contributed by atoms with Crippen LogP contribution in [-0.4, -0.2) is 61.9 Å². The number of piperidine rings is 1. The van der Waals surface area contributed by atoms with Crippen LogP contribution in [0.2, 0.25) is 0 Å². The third-order valence-electron chi connectivity index (χ3n) is 4.69. The van der Waals surface area contributed by atoms with Crippen LogP contribution in [0.1, 0.15) is 39.4 Å². The van der Waals surface area contributed by atoms with Gasteiger partial charge in [0, 0.05) is 25.8 Å². The SMILES string of the molecule is NC(=NC1CCN(Cc2ccnc(C(=O)O)c2)CC1)NC(=O)c1nc(Br)c(N)nc1N. The van der Waals surface area contributed by atoms with Crippen molar-refractivity contribution >= 4 is 45.4 Å². The van der Waals surface area contributed by atoms with Gasteiger partial charge in [-0.25, -0.2) is 24.7 Å². The van der Waals surface area contributed by atoms with E-state index in [1.54, 1.807) is 12.1 Å². The molecule has 1 fully saturated rings. The van der Waals surface area contributed by atoms with Crippen molar-refractivity contribution in [3.05, 3.63) is 39.9 Å². The predicted molar refractivity (Wildman–Crippen MR) is 117 cm³/mol.